The molecule has 1 heterocycles. The van der Waals surface area contributed by atoms with Gasteiger partial charge in [-0.25, -0.2) is 8.42 Å². The number of carbonyl (C=O) groups excluding carboxylic acids is 1. The van der Waals surface area contributed by atoms with Gasteiger partial charge in [0.25, 0.3) is 10.0 Å². The second kappa shape index (κ2) is 9.40. The van der Waals surface area contributed by atoms with E-state index in [1.54, 1.807) is 12.1 Å². The average molecular weight is 463 g/mol. The Labute approximate surface area is 196 Å². The van der Waals surface area contributed by atoms with E-state index in [9.17, 15) is 13.2 Å². The average Bonchev–Trinajstić information content (AvgIpc) is 2.80. The van der Waals surface area contributed by atoms with E-state index in [-0.39, 0.29) is 16.8 Å². The number of carbonyl (C=O) groups is 1. The Morgan fingerprint density at radius 2 is 1.61 bits per heavy atom. The summed E-state index contributed by atoms with van der Waals surface area (Å²) in [4.78, 5) is 15.1. The molecule has 0 saturated heterocycles. The van der Waals surface area contributed by atoms with E-state index in [1.165, 1.54) is 4.31 Å². The zero-order chi connectivity index (χ0) is 23.6. The molecule has 0 saturated carbocycles. The lowest BCUT2D eigenvalue weighted by molar-refractivity contribution is -0.119. The zero-order valence-corrected chi connectivity index (χ0v) is 20.1. The summed E-state index contributed by atoms with van der Waals surface area (Å²) in [5.74, 6) is 0.0727. The third-order valence-corrected chi connectivity index (χ3v) is 8.02. The van der Waals surface area contributed by atoms with Gasteiger partial charge >= 0.3 is 0 Å². The second-order valence-corrected chi connectivity index (χ2v) is 10.4. The molecule has 6 heteroatoms. The number of hydrogen-bond donors (Lipinski definition) is 0. The fourth-order valence-electron chi connectivity index (χ4n) is 4.60. The molecule has 3 aromatic rings. The molecule has 172 valence electrons. The Bertz CT molecular complexity index is 1220. The van der Waals surface area contributed by atoms with Crippen molar-refractivity contribution in [3.63, 3.8) is 0 Å². The van der Waals surface area contributed by atoms with Crippen molar-refractivity contribution < 1.29 is 13.2 Å². The van der Waals surface area contributed by atoms with Crippen molar-refractivity contribution in [3.8, 4) is 0 Å². The fraction of sp³-hybridized carbons (Fsp3) is 0.296. The lowest BCUT2D eigenvalue weighted by atomic mass is 9.91. The van der Waals surface area contributed by atoms with Crippen LogP contribution in [-0.4, -0.2) is 20.4 Å². The van der Waals surface area contributed by atoms with E-state index in [4.69, 9.17) is 0 Å². The highest BCUT2D eigenvalue weighted by atomic mass is 32.2. The molecule has 0 fully saturated rings. The second-order valence-electron chi connectivity index (χ2n) is 8.62. The number of hydrogen-bond acceptors (Lipinski definition) is 3. The number of rotatable bonds is 6. The molecule has 1 aliphatic rings. The van der Waals surface area contributed by atoms with E-state index in [0.717, 1.165) is 23.2 Å². The van der Waals surface area contributed by atoms with Crippen molar-refractivity contribution in [2.75, 3.05) is 9.21 Å². The van der Waals surface area contributed by atoms with E-state index < -0.39 is 16.1 Å². The van der Waals surface area contributed by atoms with Crippen molar-refractivity contribution in [2.24, 2.45) is 0 Å². The minimum absolute atomic E-state index is 0.0727. The normalized spacial score (nSPS) is 18.0. The highest BCUT2D eigenvalue weighted by Gasteiger charge is 2.40. The number of fused-ring (bicyclic) bond motifs is 1. The van der Waals surface area contributed by atoms with Gasteiger partial charge in [-0.05, 0) is 62.6 Å². The number of aryl methyl sites for hydroxylation is 1. The number of anilines is 2. The Kier molecular flexibility index (Phi) is 6.56. The standard InChI is InChI=1S/C27H30N2O3S/c1-4-10-27(30)28-21(3)19-26(24-13-8-9-14-25(24)28)29(22-11-6-5-7-12-22)33(31,32)23-17-15-20(2)16-18-23/h5-9,11-18,21,26H,4,10,19H2,1-3H3/t21-,26-/m0/s1. The van der Waals surface area contributed by atoms with Crippen molar-refractivity contribution in [3.05, 3.63) is 90.0 Å². The maximum Gasteiger partial charge on any atom is 0.264 e. The van der Waals surface area contributed by atoms with Gasteiger partial charge in [0.05, 0.1) is 16.6 Å². The molecule has 0 aromatic heterocycles. The minimum Gasteiger partial charge on any atom is -0.309 e. The first kappa shape index (κ1) is 23.1. The van der Waals surface area contributed by atoms with Gasteiger partial charge in [0.15, 0.2) is 0 Å². The monoisotopic (exact) mass is 462 g/mol. The summed E-state index contributed by atoms with van der Waals surface area (Å²) in [6, 6.07) is 23.3. The Hall–Kier alpha value is -3.12. The predicted octanol–water partition coefficient (Wildman–Crippen LogP) is 5.86. The first-order chi connectivity index (χ1) is 15.8. The highest BCUT2D eigenvalue weighted by molar-refractivity contribution is 7.92. The summed E-state index contributed by atoms with van der Waals surface area (Å²) < 4.78 is 29.6. The van der Waals surface area contributed by atoms with Crippen LogP contribution in [0.2, 0.25) is 0 Å². The van der Waals surface area contributed by atoms with Crippen LogP contribution in [0.3, 0.4) is 0 Å². The van der Waals surface area contributed by atoms with Gasteiger partial charge in [0, 0.05) is 18.2 Å². The lowest BCUT2D eigenvalue weighted by Gasteiger charge is -2.43. The fourth-order valence-corrected chi connectivity index (χ4v) is 6.24. The Balaban J connectivity index is 1.88. The molecule has 1 amide bonds. The van der Waals surface area contributed by atoms with Crippen LogP contribution in [0.25, 0.3) is 0 Å². The van der Waals surface area contributed by atoms with Gasteiger partial charge in [-0.15, -0.1) is 0 Å². The van der Waals surface area contributed by atoms with Gasteiger partial charge in [-0.3, -0.25) is 9.10 Å². The quantitative estimate of drug-likeness (QED) is 0.461. The molecule has 0 unspecified atom stereocenters. The molecule has 0 radical (unpaired) electrons. The summed E-state index contributed by atoms with van der Waals surface area (Å²) in [6.45, 7) is 5.93. The Morgan fingerprint density at radius 1 is 0.970 bits per heavy atom. The summed E-state index contributed by atoms with van der Waals surface area (Å²) in [5.41, 5.74) is 3.25. The van der Waals surface area contributed by atoms with Crippen molar-refractivity contribution in [1.82, 2.24) is 0 Å². The van der Waals surface area contributed by atoms with Gasteiger partial charge in [0.1, 0.15) is 0 Å². The summed E-state index contributed by atoms with van der Waals surface area (Å²) in [5, 5.41) is 0. The van der Waals surface area contributed by atoms with E-state index >= 15 is 0 Å². The van der Waals surface area contributed by atoms with Crippen LogP contribution < -0.4 is 9.21 Å². The number of para-hydroxylation sites is 2. The van der Waals surface area contributed by atoms with Gasteiger partial charge < -0.3 is 4.90 Å². The molecule has 0 N–H and O–H groups in total. The van der Waals surface area contributed by atoms with Crippen LogP contribution in [0.5, 0.6) is 0 Å². The number of sulfonamides is 1. The van der Waals surface area contributed by atoms with Crippen LogP contribution >= 0.6 is 0 Å². The maximum absolute atomic E-state index is 14.0. The van der Waals surface area contributed by atoms with Crippen molar-refractivity contribution in [1.29, 1.82) is 0 Å². The number of amides is 1. The highest BCUT2D eigenvalue weighted by Crippen LogP contribution is 2.44. The summed E-state index contributed by atoms with van der Waals surface area (Å²) >= 11 is 0. The molecule has 0 aliphatic carbocycles. The number of nitrogens with zero attached hydrogens (tertiary/aromatic N) is 2. The zero-order valence-electron chi connectivity index (χ0n) is 19.3. The molecule has 4 rings (SSSR count). The van der Waals surface area contributed by atoms with Crippen LogP contribution in [-0.2, 0) is 14.8 Å². The molecule has 1 aliphatic heterocycles. The van der Waals surface area contributed by atoms with E-state index in [0.29, 0.717) is 18.5 Å². The third kappa shape index (κ3) is 4.40. The SMILES string of the molecule is CCCC(=O)N1c2ccccc2[C@@H](N(c2ccccc2)S(=O)(=O)c2ccc(C)cc2)C[C@@H]1C. The molecule has 0 spiro atoms. The maximum atomic E-state index is 14.0. The van der Waals surface area contributed by atoms with E-state index in [1.807, 2.05) is 92.4 Å². The van der Waals surface area contributed by atoms with Crippen LogP contribution in [0, 0.1) is 6.92 Å². The topological polar surface area (TPSA) is 57.7 Å². The first-order valence-electron chi connectivity index (χ1n) is 11.4. The van der Waals surface area contributed by atoms with Crippen LogP contribution in [0.4, 0.5) is 11.4 Å². The largest absolute Gasteiger partial charge is 0.309 e. The molecule has 33 heavy (non-hydrogen) atoms. The molecule has 0 bridgehead atoms. The van der Waals surface area contributed by atoms with Crippen LogP contribution in [0.1, 0.15) is 50.3 Å². The molecule has 3 aromatic carbocycles. The molecule has 2 atom stereocenters. The lowest BCUT2D eigenvalue weighted by Crippen LogP contribution is -2.47. The molecular formula is C27H30N2O3S. The van der Waals surface area contributed by atoms with Crippen molar-refractivity contribution >= 4 is 27.3 Å². The number of benzene rings is 3. The molecule has 5 nitrogen and oxygen atoms in total. The van der Waals surface area contributed by atoms with E-state index in [2.05, 4.69) is 0 Å². The molecular weight excluding hydrogens is 432 g/mol. The van der Waals surface area contributed by atoms with Gasteiger partial charge in [0.2, 0.25) is 5.91 Å². The summed E-state index contributed by atoms with van der Waals surface area (Å²) in [7, 11) is -3.85. The van der Waals surface area contributed by atoms with Gasteiger partial charge in [-0.2, -0.15) is 0 Å². The predicted molar refractivity (Wildman–Crippen MR) is 133 cm³/mol. The Morgan fingerprint density at radius 3 is 2.27 bits per heavy atom. The first-order valence-corrected chi connectivity index (χ1v) is 12.9. The smallest absolute Gasteiger partial charge is 0.264 e. The summed E-state index contributed by atoms with van der Waals surface area (Å²) in [6.07, 6.45) is 1.74. The third-order valence-electron chi connectivity index (χ3n) is 6.16. The van der Waals surface area contributed by atoms with Crippen LogP contribution in [0.15, 0.2) is 83.8 Å². The van der Waals surface area contributed by atoms with Crippen molar-refractivity contribution in [2.45, 2.75) is 57.0 Å². The van der Waals surface area contributed by atoms with Gasteiger partial charge in [-0.1, -0.05) is 61.0 Å². The minimum atomic E-state index is -3.85.